The fraction of sp³-hybridized carbons (Fsp3) is 0.700. The van der Waals surface area contributed by atoms with Crippen LogP contribution in [-0.4, -0.2) is 12.1 Å². The fourth-order valence-corrected chi connectivity index (χ4v) is 6.57. The van der Waals surface area contributed by atoms with Gasteiger partial charge in [-0.25, -0.2) is 0 Å². The number of carbonyl (C=O) groups is 1. The van der Waals surface area contributed by atoms with Crippen molar-refractivity contribution in [1.29, 1.82) is 0 Å². The topological polar surface area (TPSA) is 26.3 Å². The molecule has 3 saturated carbocycles. The number of esters is 1. The Morgan fingerprint density at radius 2 is 1.84 bits per heavy atom. The molecule has 3 aliphatic rings. The van der Waals surface area contributed by atoms with Crippen molar-refractivity contribution >= 4 is 5.97 Å². The zero-order valence-electron chi connectivity index (χ0n) is 21.5. The molecular formula is C30H46O2. The molecule has 0 heterocycles. The lowest BCUT2D eigenvalue weighted by molar-refractivity contribution is -0.146. The van der Waals surface area contributed by atoms with Gasteiger partial charge in [0, 0.05) is 13.3 Å². The van der Waals surface area contributed by atoms with Gasteiger partial charge in [0.15, 0.2) is 0 Å². The molecule has 0 aromatic rings. The lowest BCUT2D eigenvalue weighted by Gasteiger charge is -2.44. The smallest absolute Gasteiger partial charge is 0.302 e. The number of carbonyl (C=O) groups excluding carboxylic acids is 1. The van der Waals surface area contributed by atoms with E-state index in [-0.39, 0.29) is 12.1 Å². The predicted octanol–water partition coefficient (Wildman–Crippen LogP) is 8.21. The first-order chi connectivity index (χ1) is 15.1. The van der Waals surface area contributed by atoms with Gasteiger partial charge in [-0.3, -0.25) is 4.79 Å². The summed E-state index contributed by atoms with van der Waals surface area (Å²) in [5.74, 6) is 3.31. The Bertz CT molecular complexity index is 783. The normalized spacial score (nSPS) is 35.5. The van der Waals surface area contributed by atoms with E-state index in [1.165, 1.54) is 50.2 Å². The zero-order chi connectivity index (χ0) is 23.5. The van der Waals surface area contributed by atoms with Crippen molar-refractivity contribution in [3.8, 4) is 0 Å². The largest absolute Gasteiger partial charge is 0.462 e. The van der Waals surface area contributed by atoms with Gasteiger partial charge in [-0.2, -0.15) is 0 Å². The maximum absolute atomic E-state index is 11.4. The standard InChI is InChI=1S/C30H46O2/c1-20(2)21(3)10-11-23(5)28-16-17-29-25(9-8-18-30(28,29)7)13-14-26-19-27(32-24(6)31)15-12-22(26)4/h10-11,13-14,20-21,23,27-29H,4,8-9,12,15-19H2,1-3,5-7H3. The Labute approximate surface area is 197 Å². The highest BCUT2D eigenvalue weighted by Crippen LogP contribution is 2.59. The highest BCUT2D eigenvalue weighted by atomic mass is 16.5. The molecule has 2 nitrogen and oxygen atoms in total. The fourth-order valence-electron chi connectivity index (χ4n) is 6.57. The van der Waals surface area contributed by atoms with E-state index in [1.807, 2.05) is 0 Å². The van der Waals surface area contributed by atoms with Crippen LogP contribution >= 0.6 is 0 Å². The third-order valence-corrected chi connectivity index (χ3v) is 8.94. The van der Waals surface area contributed by atoms with Crippen LogP contribution in [-0.2, 0) is 9.53 Å². The molecule has 0 saturated heterocycles. The molecule has 0 aromatic heterocycles. The third kappa shape index (κ3) is 5.67. The van der Waals surface area contributed by atoms with Crippen molar-refractivity contribution < 1.29 is 9.53 Å². The quantitative estimate of drug-likeness (QED) is 0.308. The maximum atomic E-state index is 11.4. The van der Waals surface area contributed by atoms with Gasteiger partial charge < -0.3 is 4.74 Å². The molecule has 0 spiro atoms. The first-order valence-corrected chi connectivity index (χ1v) is 13.0. The van der Waals surface area contributed by atoms with Crippen molar-refractivity contribution in [2.45, 2.75) is 99.0 Å². The Kier molecular flexibility index (Phi) is 8.28. The summed E-state index contributed by atoms with van der Waals surface area (Å²) in [7, 11) is 0. The molecule has 178 valence electrons. The van der Waals surface area contributed by atoms with Crippen LogP contribution in [0.2, 0.25) is 0 Å². The van der Waals surface area contributed by atoms with Gasteiger partial charge in [0.05, 0.1) is 0 Å². The second-order valence-corrected chi connectivity index (χ2v) is 11.5. The third-order valence-electron chi connectivity index (χ3n) is 8.94. The molecule has 32 heavy (non-hydrogen) atoms. The van der Waals surface area contributed by atoms with E-state index in [0.29, 0.717) is 29.1 Å². The second-order valence-electron chi connectivity index (χ2n) is 11.5. The van der Waals surface area contributed by atoms with E-state index >= 15 is 0 Å². The molecule has 0 N–H and O–H groups in total. The van der Waals surface area contributed by atoms with Gasteiger partial charge in [-0.1, -0.05) is 76.6 Å². The number of hydrogen-bond donors (Lipinski definition) is 0. The lowest BCUT2D eigenvalue weighted by atomic mass is 9.61. The Morgan fingerprint density at radius 3 is 2.53 bits per heavy atom. The Morgan fingerprint density at radius 1 is 1.09 bits per heavy atom. The summed E-state index contributed by atoms with van der Waals surface area (Å²) in [5.41, 5.74) is 4.54. The van der Waals surface area contributed by atoms with Crippen LogP contribution in [0.25, 0.3) is 0 Å². The van der Waals surface area contributed by atoms with E-state index in [9.17, 15) is 4.79 Å². The minimum Gasteiger partial charge on any atom is -0.462 e. The van der Waals surface area contributed by atoms with E-state index < -0.39 is 0 Å². The number of ether oxygens (including phenoxy) is 1. The molecule has 3 aliphatic carbocycles. The Balaban J connectivity index is 1.74. The molecule has 3 fully saturated rings. The molecular weight excluding hydrogens is 392 g/mol. The van der Waals surface area contributed by atoms with Crippen molar-refractivity contribution in [3.63, 3.8) is 0 Å². The van der Waals surface area contributed by atoms with E-state index in [2.05, 4.69) is 65.5 Å². The molecule has 2 heteroatoms. The monoisotopic (exact) mass is 438 g/mol. The molecule has 3 rings (SSSR count). The first-order valence-electron chi connectivity index (χ1n) is 13.0. The molecule has 0 aromatic carbocycles. The average molecular weight is 439 g/mol. The van der Waals surface area contributed by atoms with Crippen molar-refractivity contribution in [3.05, 3.63) is 47.6 Å². The van der Waals surface area contributed by atoms with Gasteiger partial charge in [-0.15, -0.1) is 0 Å². The minimum atomic E-state index is -0.175. The highest BCUT2D eigenvalue weighted by Gasteiger charge is 2.50. The van der Waals surface area contributed by atoms with Gasteiger partial charge in [0.2, 0.25) is 0 Å². The van der Waals surface area contributed by atoms with Crippen LogP contribution in [0.15, 0.2) is 47.6 Å². The van der Waals surface area contributed by atoms with Crippen LogP contribution in [0.3, 0.4) is 0 Å². The summed E-state index contributed by atoms with van der Waals surface area (Å²) in [6.45, 7) is 17.8. The number of allylic oxidation sites excluding steroid dienone is 6. The van der Waals surface area contributed by atoms with Crippen LogP contribution in [0.1, 0.15) is 92.9 Å². The summed E-state index contributed by atoms with van der Waals surface area (Å²) in [6, 6.07) is 0. The minimum absolute atomic E-state index is 0.0102. The van der Waals surface area contributed by atoms with Crippen LogP contribution < -0.4 is 0 Å². The molecule has 0 bridgehead atoms. The predicted molar refractivity (Wildman–Crippen MR) is 135 cm³/mol. The number of hydrogen-bond acceptors (Lipinski definition) is 2. The maximum Gasteiger partial charge on any atom is 0.302 e. The van der Waals surface area contributed by atoms with Crippen molar-refractivity contribution in [2.75, 3.05) is 0 Å². The van der Waals surface area contributed by atoms with Crippen LogP contribution in [0.5, 0.6) is 0 Å². The lowest BCUT2D eigenvalue weighted by Crippen LogP contribution is -2.35. The van der Waals surface area contributed by atoms with Crippen LogP contribution in [0, 0.1) is 35.0 Å². The van der Waals surface area contributed by atoms with Gasteiger partial charge in [0.25, 0.3) is 0 Å². The molecule has 0 radical (unpaired) electrons. The van der Waals surface area contributed by atoms with E-state index in [0.717, 1.165) is 25.2 Å². The molecule has 6 unspecified atom stereocenters. The molecule has 0 aliphatic heterocycles. The summed E-state index contributed by atoms with van der Waals surface area (Å²) in [4.78, 5) is 11.4. The number of rotatable bonds is 6. The SMILES string of the molecule is C=C1CCC(OC(C)=O)CC1=CC=C1CCCC2(C)C1CCC2C(C)C=CC(C)C(C)C. The van der Waals surface area contributed by atoms with Gasteiger partial charge >= 0.3 is 5.97 Å². The molecule has 6 atom stereocenters. The zero-order valence-corrected chi connectivity index (χ0v) is 21.5. The highest BCUT2D eigenvalue weighted by molar-refractivity contribution is 5.66. The van der Waals surface area contributed by atoms with Crippen LogP contribution in [0.4, 0.5) is 0 Å². The van der Waals surface area contributed by atoms with Crippen molar-refractivity contribution in [2.24, 2.45) is 35.0 Å². The summed E-state index contributed by atoms with van der Waals surface area (Å²) in [6.07, 6.45) is 18.9. The van der Waals surface area contributed by atoms with E-state index in [1.54, 1.807) is 5.57 Å². The van der Waals surface area contributed by atoms with E-state index in [4.69, 9.17) is 4.74 Å². The average Bonchev–Trinajstić information content (AvgIpc) is 3.09. The van der Waals surface area contributed by atoms with Crippen molar-refractivity contribution in [1.82, 2.24) is 0 Å². The summed E-state index contributed by atoms with van der Waals surface area (Å²) < 4.78 is 5.49. The van der Waals surface area contributed by atoms with Gasteiger partial charge in [-0.05, 0) is 85.5 Å². The van der Waals surface area contributed by atoms with Gasteiger partial charge in [0.1, 0.15) is 6.10 Å². The summed E-state index contributed by atoms with van der Waals surface area (Å²) >= 11 is 0. The molecule has 0 amide bonds. The number of fused-ring (bicyclic) bond motifs is 1. The second kappa shape index (κ2) is 10.6. The Hall–Kier alpha value is -1.57. The first kappa shape index (κ1) is 25.1. The summed E-state index contributed by atoms with van der Waals surface area (Å²) in [5, 5.41) is 0.